The van der Waals surface area contributed by atoms with Crippen LogP contribution in [0.25, 0.3) is 10.9 Å². The molecule has 1 aromatic heterocycles. The first-order valence-electron chi connectivity index (χ1n) is 10.4. The molecule has 0 bridgehead atoms. The summed E-state index contributed by atoms with van der Waals surface area (Å²) in [5, 5.41) is 3.91. The quantitative estimate of drug-likeness (QED) is 0.646. The van der Waals surface area contributed by atoms with Crippen LogP contribution < -0.4 is 15.6 Å². The maximum atomic E-state index is 13.1. The van der Waals surface area contributed by atoms with Crippen molar-refractivity contribution in [1.29, 1.82) is 0 Å². The van der Waals surface area contributed by atoms with Gasteiger partial charge in [0.1, 0.15) is 5.75 Å². The van der Waals surface area contributed by atoms with Gasteiger partial charge >= 0.3 is 6.03 Å². The fourth-order valence-corrected chi connectivity index (χ4v) is 4.12. The van der Waals surface area contributed by atoms with Crippen molar-refractivity contribution in [1.82, 2.24) is 15.2 Å². The molecule has 1 heterocycles. The number of H-pyrrole nitrogens is 1. The zero-order chi connectivity index (χ0) is 20.9. The molecule has 3 aromatic rings. The number of aromatic nitrogens is 1. The molecular formula is C24H27N3O3. The van der Waals surface area contributed by atoms with Crippen molar-refractivity contribution in [3.8, 4) is 5.75 Å². The van der Waals surface area contributed by atoms with Crippen LogP contribution in [0.4, 0.5) is 4.79 Å². The summed E-state index contributed by atoms with van der Waals surface area (Å²) in [6, 6.07) is 17.3. The summed E-state index contributed by atoms with van der Waals surface area (Å²) >= 11 is 0. The average Bonchev–Trinajstić information content (AvgIpc) is 3.31. The number of urea groups is 1. The molecule has 1 aliphatic carbocycles. The van der Waals surface area contributed by atoms with Crippen LogP contribution in [0.3, 0.4) is 0 Å². The Morgan fingerprint density at radius 2 is 1.90 bits per heavy atom. The topological polar surface area (TPSA) is 74.4 Å². The molecular weight excluding hydrogens is 378 g/mol. The number of rotatable bonds is 6. The van der Waals surface area contributed by atoms with Gasteiger partial charge in [0.05, 0.1) is 13.7 Å². The van der Waals surface area contributed by atoms with Crippen molar-refractivity contribution in [2.24, 2.45) is 0 Å². The van der Waals surface area contributed by atoms with Gasteiger partial charge in [0.15, 0.2) is 0 Å². The smallest absolute Gasteiger partial charge is 0.318 e. The second kappa shape index (κ2) is 9.03. The summed E-state index contributed by atoms with van der Waals surface area (Å²) in [4.78, 5) is 30.5. The Morgan fingerprint density at radius 1 is 1.13 bits per heavy atom. The number of nitrogens with one attached hydrogen (secondary N) is 2. The number of fused-ring (bicyclic) bond motifs is 1. The summed E-state index contributed by atoms with van der Waals surface area (Å²) in [5.74, 6) is 0.730. The highest BCUT2D eigenvalue weighted by Crippen LogP contribution is 2.25. The monoisotopic (exact) mass is 405 g/mol. The molecule has 0 saturated heterocycles. The van der Waals surface area contributed by atoms with Crippen molar-refractivity contribution in [3.63, 3.8) is 0 Å². The van der Waals surface area contributed by atoms with Crippen molar-refractivity contribution in [2.75, 3.05) is 7.11 Å². The lowest BCUT2D eigenvalue weighted by molar-refractivity contribution is 0.170. The standard InChI is InChI=1S/C24H27N3O3/c1-30-21-11-12-22-18(14-21)13-19(23(28)26-22)16-27(20-9-5-6-10-20)24(29)25-15-17-7-3-2-4-8-17/h2-4,7-8,11-14,20H,5-6,9-10,15-16H2,1H3,(H,25,29)(H,26,28). The zero-order valence-corrected chi connectivity index (χ0v) is 17.2. The molecule has 0 atom stereocenters. The van der Waals surface area contributed by atoms with Gasteiger partial charge in [-0.25, -0.2) is 4.79 Å². The second-order valence-electron chi connectivity index (χ2n) is 7.79. The van der Waals surface area contributed by atoms with Crippen molar-refractivity contribution < 1.29 is 9.53 Å². The maximum Gasteiger partial charge on any atom is 0.318 e. The number of amides is 2. The fourth-order valence-electron chi connectivity index (χ4n) is 4.12. The lowest BCUT2D eigenvalue weighted by Gasteiger charge is -2.29. The summed E-state index contributed by atoms with van der Waals surface area (Å²) in [7, 11) is 1.62. The van der Waals surface area contributed by atoms with Gasteiger partial charge in [0.25, 0.3) is 5.56 Å². The summed E-state index contributed by atoms with van der Waals surface area (Å²) in [6.07, 6.45) is 4.16. The van der Waals surface area contributed by atoms with Gasteiger partial charge in [-0.3, -0.25) is 4.79 Å². The van der Waals surface area contributed by atoms with E-state index < -0.39 is 0 Å². The molecule has 1 fully saturated rings. The SMILES string of the molecule is COc1ccc2[nH]c(=O)c(CN(C(=O)NCc3ccccc3)C3CCCC3)cc2c1. The average molecular weight is 405 g/mol. The largest absolute Gasteiger partial charge is 0.497 e. The normalized spacial score (nSPS) is 14.0. The van der Waals surface area contributed by atoms with Crippen LogP contribution in [0, 0.1) is 0 Å². The number of hydrogen-bond donors (Lipinski definition) is 2. The van der Waals surface area contributed by atoms with Crippen LogP contribution >= 0.6 is 0 Å². The minimum absolute atomic E-state index is 0.129. The Kier molecular flexibility index (Phi) is 6.02. The van der Waals surface area contributed by atoms with Crippen molar-refractivity contribution >= 4 is 16.9 Å². The fraction of sp³-hybridized carbons (Fsp3) is 0.333. The van der Waals surface area contributed by atoms with Gasteiger partial charge in [-0.15, -0.1) is 0 Å². The van der Waals surface area contributed by atoms with Gasteiger partial charge in [0, 0.05) is 29.1 Å². The highest BCUT2D eigenvalue weighted by atomic mass is 16.5. The van der Waals surface area contributed by atoms with E-state index in [1.165, 1.54) is 0 Å². The lowest BCUT2D eigenvalue weighted by atomic mass is 10.1. The predicted molar refractivity (Wildman–Crippen MR) is 118 cm³/mol. The zero-order valence-electron chi connectivity index (χ0n) is 17.2. The van der Waals surface area contributed by atoms with E-state index in [0.29, 0.717) is 12.1 Å². The van der Waals surface area contributed by atoms with Crippen LogP contribution in [0.15, 0.2) is 59.4 Å². The molecule has 1 saturated carbocycles. The first-order chi connectivity index (χ1) is 14.6. The van der Waals surface area contributed by atoms with Gasteiger partial charge in [-0.05, 0) is 42.7 Å². The highest BCUT2D eigenvalue weighted by Gasteiger charge is 2.27. The molecule has 0 radical (unpaired) electrons. The van der Waals surface area contributed by atoms with E-state index in [2.05, 4.69) is 10.3 Å². The van der Waals surface area contributed by atoms with E-state index in [9.17, 15) is 9.59 Å². The van der Waals surface area contributed by atoms with Gasteiger partial charge in [0.2, 0.25) is 0 Å². The highest BCUT2D eigenvalue weighted by molar-refractivity contribution is 5.81. The molecule has 1 aliphatic rings. The van der Waals surface area contributed by atoms with Crippen molar-refractivity contribution in [3.05, 3.63) is 76.1 Å². The maximum absolute atomic E-state index is 13.1. The first kappa shape index (κ1) is 20.0. The number of aromatic amines is 1. The van der Waals surface area contributed by atoms with Crippen molar-refractivity contribution in [2.45, 2.75) is 44.8 Å². The summed E-state index contributed by atoms with van der Waals surface area (Å²) in [6.45, 7) is 0.752. The third-order valence-corrected chi connectivity index (χ3v) is 5.78. The Hall–Kier alpha value is -3.28. The third kappa shape index (κ3) is 4.48. The lowest BCUT2D eigenvalue weighted by Crippen LogP contribution is -2.45. The van der Waals surface area contributed by atoms with E-state index in [1.807, 2.05) is 59.5 Å². The number of nitrogens with zero attached hydrogens (tertiary/aromatic N) is 1. The molecule has 30 heavy (non-hydrogen) atoms. The number of methoxy groups -OCH3 is 1. The van der Waals surface area contributed by atoms with Crippen LogP contribution in [0.2, 0.25) is 0 Å². The molecule has 6 heteroatoms. The third-order valence-electron chi connectivity index (χ3n) is 5.78. The van der Waals surface area contributed by atoms with Gasteiger partial charge in [-0.1, -0.05) is 43.2 Å². The first-order valence-corrected chi connectivity index (χ1v) is 10.4. The number of carbonyl (C=O) groups excluding carboxylic acids is 1. The Balaban J connectivity index is 1.57. The number of carbonyl (C=O) groups is 1. The van der Waals surface area contributed by atoms with Crippen LogP contribution in [-0.2, 0) is 13.1 Å². The molecule has 2 N–H and O–H groups in total. The van der Waals surface area contributed by atoms with Gasteiger partial charge in [-0.2, -0.15) is 0 Å². The van der Waals surface area contributed by atoms with Crippen LogP contribution in [0.5, 0.6) is 5.75 Å². The molecule has 2 amide bonds. The summed E-state index contributed by atoms with van der Waals surface area (Å²) in [5.41, 5.74) is 2.22. The summed E-state index contributed by atoms with van der Waals surface area (Å²) < 4.78 is 5.30. The second-order valence-corrected chi connectivity index (χ2v) is 7.79. The minimum Gasteiger partial charge on any atom is -0.497 e. The van der Waals surface area contributed by atoms with E-state index in [-0.39, 0.29) is 24.2 Å². The minimum atomic E-state index is -0.161. The van der Waals surface area contributed by atoms with E-state index in [1.54, 1.807) is 7.11 Å². The number of benzene rings is 2. The van der Waals surface area contributed by atoms with E-state index >= 15 is 0 Å². The molecule has 156 valence electrons. The number of hydrogen-bond acceptors (Lipinski definition) is 3. The molecule has 0 aliphatic heterocycles. The van der Waals surface area contributed by atoms with Gasteiger partial charge < -0.3 is 19.9 Å². The molecule has 6 nitrogen and oxygen atoms in total. The van der Waals surface area contributed by atoms with Crippen LogP contribution in [0.1, 0.15) is 36.8 Å². The van der Waals surface area contributed by atoms with Crippen LogP contribution in [-0.4, -0.2) is 29.1 Å². The van der Waals surface area contributed by atoms with E-state index in [0.717, 1.165) is 47.9 Å². The molecule has 0 spiro atoms. The molecule has 0 unspecified atom stereocenters. The Bertz CT molecular complexity index is 1070. The Morgan fingerprint density at radius 3 is 2.63 bits per heavy atom. The Labute approximate surface area is 175 Å². The predicted octanol–water partition coefficient (Wildman–Crippen LogP) is 4.19. The van der Waals surface area contributed by atoms with E-state index in [4.69, 9.17) is 4.74 Å². The number of pyridine rings is 1. The molecule has 2 aromatic carbocycles. The number of ether oxygens (including phenoxy) is 1. The molecule has 4 rings (SSSR count).